The summed E-state index contributed by atoms with van der Waals surface area (Å²) in [7, 11) is 1.67. The van der Waals surface area contributed by atoms with Gasteiger partial charge in [-0.15, -0.1) is 11.8 Å². The van der Waals surface area contributed by atoms with Gasteiger partial charge in [-0.25, -0.2) is 0 Å². The van der Waals surface area contributed by atoms with Crippen molar-refractivity contribution in [2.75, 3.05) is 12.9 Å². The van der Waals surface area contributed by atoms with E-state index in [9.17, 15) is 4.79 Å². The number of benzene rings is 2. The van der Waals surface area contributed by atoms with Crippen molar-refractivity contribution in [1.82, 2.24) is 4.90 Å². The number of nitrogens with zero attached hydrogens (tertiary/aromatic N) is 1. The van der Waals surface area contributed by atoms with Gasteiger partial charge in [-0.05, 0) is 55.5 Å². The molecule has 1 amide bonds. The summed E-state index contributed by atoms with van der Waals surface area (Å²) in [4.78, 5) is 16.2. The van der Waals surface area contributed by atoms with E-state index in [1.165, 1.54) is 17.7 Å². The molecule has 138 valence electrons. The van der Waals surface area contributed by atoms with Crippen LogP contribution in [-0.4, -0.2) is 29.7 Å². The molecule has 1 fully saturated rings. The van der Waals surface area contributed by atoms with E-state index in [2.05, 4.69) is 36.1 Å². The van der Waals surface area contributed by atoms with Crippen LogP contribution in [0.25, 0.3) is 0 Å². The highest BCUT2D eigenvalue weighted by molar-refractivity contribution is 7.99. The summed E-state index contributed by atoms with van der Waals surface area (Å²) in [5.74, 6) is 2.59. The molecule has 3 rings (SSSR count). The molecule has 26 heavy (non-hydrogen) atoms. The Morgan fingerprint density at radius 1 is 1.15 bits per heavy atom. The first-order valence-corrected chi connectivity index (χ1v) is 10.3. The van der Waals surface area contributed by atoms with Gasteiger partial charge in [0.2, 0.25) is 5.91 Å². The molecular formula is C22H27NO2S. The van der Waals surface area contributed by atoms with Gasteiger partial charge < -0.3 is 9.64 Å². The molecule has 0 aliphatic heterocycles. The number of methoxy groups -OCH3 is 1. The third kappa shape index (κ3) is 5.28. The summed E-state index contributed by atoms with van der Waals surface area (Å²) >= 11 is 1.75. The van der Waals surface area contributed by atoms with E-state index in [-0.39, 0.29) is 5.91 Å². The summed E-state index contributed by atoms with van der Waals surface area (Å²) in [6.45, 7) is 2.87. The van der Waals surface area contributed by atoms with Crippen molar-refractivity contribution in [2.45, 2.75) is 43.7 Å². The number of carbonyl (C=O) groups excluding carboxylic acids is 1. The van der Waals surface area contributed by atoms with Crippen molar-refractivity contribution in [1.29, 1.82) is 0 Å². The highest BCUT2D eigenvalue weighted by Gasteiger charge is 2.34. The molecule has 1 aliphatic carbocycles. The first-order valence-electron chi connectivity index (χ1n) is 9.27. The van der Waals surface area contributed by atoms with Crippen LogP contribution in [0.1, 0.15) is 31.7 Å². The van der Waals surface area contributed by atoms with E-state index in [0.717, 1.165) is 17.1 Å². The van der Waals surface area contributed by atoms with E-state index < -0.39 is 0 Å². The van der Waals surface area contributed by atoms with Crippen LogP contribution in [0.3, 0.4) is 0 Å². The van der Waals surface area contributed by atoms with E-state index in [0.29, 0.717) is 24.9 Å². The van der Waals surface area contributed by atoms with Gasteiger partial charge >= 0.3 is 0 Å². The molecular weight excluding hydrogens is 342 g/mol. The van der Waals surface area contributed by atoms with Crippen LogP contribution in [0.4, 0.5) is 0 Å². The molecule has 0 aromatic heterocycles. The van der Waals surface area contributed by atoms with Crippen LogP contribution in [-0.2, 0) is 11.3 Å². The average Bonchev–Trinajstić information content (AvgIpc) is 3.52. The number of thioether (sulfide) groups is 1. The van der Waals surface area contributed by atoms with Crippen molar-refractivity contribution in [3.63, 3.8) is 0 Å². The highest BCUT2D eigenvalue weighted by atomic mass is 32.2. The predicted molar refractivity (Wildman–Crippen MR) is 108 cm³/mol. The lowest BCUT2D eigenvalue weighted by Gasteiger charge is -2.30. The molecule has 1 aliphatic rings. The summed E-state index contributed by atoms with van der Waals surface area (Å²) in [6.07, 6.45) is 3.06. The van der Waals surface area contributed by atoms with Gasteiger partial charge in [0.25, 0.3) is 0 Å². The molecule has 0 heterocycles. The number of hydrogen-bond donors (Lipinski definition) is 0. The fourth-order valence-electron chi connectivity index (χ4n) is 3.14. The maximum atomic E-state index is 12.9. The average molecular weight is 370 g/mol. The zero-order valence-corrected chi connectivity index (χ0v) is 16.4. The topological polar surface area (TPSA) is 29.5 Å². The van der Waals surface area contributed by atoms with Crippen LogP contribution >= 0.6 is 11.8 Å². The van der Waals surface area contributed by atoms with Crippen molar-refractivity contribution in [3.8, 4) is 5.75 Å². The Kier molecular flexibility index (Phi) is 6.62. The molecule has 1 saturated carbocycles. The Hall–Kier alpha value is -1.94. The highest BCUT2D eigenvalue weighted by Crippen LogP contribution is 2.36. The predicted octanol–water partition coefficient (Wildman–Crippen LogP) is 5.00. The van der Waals surface area contributed by atoms with Crippen LogP contribution in [0, 0.1) is 5.92 Å². The smallest absolute Gasteiger partial charge is 0.223 e. The Balaban J connectivity index is 1.59. The van der Waals surface area contributed by atoms with Crippen LogP contribution in [0.15, 0.2) is 59.5 Å². The van der Waals surface area contributed by atoms with Crippen molar-refractivity contribution < 1.29 is 9.53 Å². The van der Waals surface area contributed by atoms with Crippen LogP contribution in [0.5, 0.6) is 5.75 Å². The lowest BCUT2D eigenvalue weighted by molar-refractivity contribution is -0.133. The van der Waals surface area contributed by atoms with Crippen molar-refractivity contribution in [2.24, 2.45) is 5.92 Å². The largest absolute Gasteiger partial charge is 0.497 e. The molecule has 0 N–H and O–H groups in total. The third-order valence-corrected chi connectivity index (χ3v) is 5.97. The number of hydrogen-bond acceptors (Lipinski definition) is 3. The third-order valence-electron chi connectivity index (χ3n) is 4.96. The lowest BCUT2D eigenvalue weighted by Crippen LogP contribution is -2.39. The van der Waals surface area contributed by atoms with Gasteiger partial charge in [0.05, 0.1) is 7.11 Å². The maximum Gasteiger partial charge on any atom is 0.223 e. The summed E-state index contributed by atoms with van der Waals surface area (Å²) in [5, 5.41) is 0. The normalized spacial score (nSPS) is 14.7. The molecule has 2 aromatic carbocycles. The molecule has 4 heteroatoms. The fraction of sp³-hybridized carbons (Fsp3) is 0.409. The van der Waals surface area contributed by atoms with Gasteiger partial charge in [-0.2, -0.15) is 0 Å². The minimum Gasteiger partial charge on any atom is -0.497 e. The van der Waals surface area contributed by atoms with Gasteiger partial charge in [-0.3, -0.25) is 4.79 Å². The minimum atomic E-state index is 0.253. The maximum absolute atomic E-state index is 12.9. The zero-order chi connectivity index (χ0) is 18.4. The van der Waals surface area contributed by atoms with Gasteiger partial charge in [0, 0.05) is 29.7 Å². The molecule has 0 radical (unpaired) electrons. The standard InChI is InChI=1S/C22H27NO2S/c1-17(19-10-11-19)23(16-18-8-12-20(25-2)13-9-18)22(24)14-15-26-21-6-4-3-5-7-21/h3-9,12-13,17,19H,10-11,14-16H2,1-2H3. The Morgan fingerprint density at radius 3 is 2.46 bits per heavy atom. The SMILES string of the molecule is COc1ccc(CN(C(=O)CCSc2ccccc2)C(C)C2CC2)cc1. The fourth-order valence-corrected chi connectivity index (χ4v) is 4.00. The van der Waals surface area contributed by atoms with E-state index in [1.807, 2.05) is 30.3 Å². The molecule has 0 bridgehead atoms. The second-order valence-electron chi connectivity index (χ2n) is 6.86. The first kappa shape index (κ1) is 18.8. The lowest BCUT2D eigenvalue weighted by atomic mass is 10.1. The second kappa shape index (κ2) is 9.13. The summed E-state index contributed by atoms with van der Waals surface area (Å²) < 4.78 is 5.23. The van der Waals surface area contributed by atoms with Crippen molar-refractivity contribution in [3.05, 3.63) is 60.2 Å². The minimum absolute atomic E-state index is 0.253. The van der Waals surface area contributed by atoms with E-state index >= 15 is 0 Å². The summed E-state index contributed by atoms with van der Waals surface area (Å²) in [5.41, 5.74) is 1.15. The second-order valence-corrected chi connectivity index (χ2v) is 8.03. The Labute approximate surface area is 160 Å². The van der Waals surface area contributed by atoms with Crippen LogP contribution < -0.4 is 4.74 Å². The van der Waals surface area contributed by atoms with Gasteiger partial charge in [0.1, 0.15) is 5.75 Å². The molecule has 1 atom stereocenters. The van der Waals surface area contributed by atoms with E-state index in [1.54, 1.807) is 18.9 Å². The summed E-state index contributed by atoms with van der Waals surface area (Å²) in [6, 6.07) is 18.6. The quantitative estimate of drug-likeness (QED) is 0.582. The molecule has 2 aromatic rings. The molecule has 1 unspecified atom stereocenters. The number of rotatable bonds is 9. The van der Waals surface area contributed by atoms with Gasteiger partial charge in [-0.1, -0.05) is 30.3 Å². The van der Waals surface area contributed by atoms with Crippen LogP contribution in [0.2, 0.25) is 0 Å². The Morgan fingerprint density at radius 2 is 1.85 bits per heavy atom. The number of carbonyl (C=O) groups is 1. The first-order chi connectivity index (χ1) is 12.7. The Bertz CT molecular complexity index is 698. The molecule has 0 spiro atoms. The molecule has 0 saturated heterocycles. The van der Waals surface area contributed by atoms with Gasteiger partial charge in [0.15, 0.2) is 0 Å². The zero-order valence-electron chi connectivity index (χ0n) is 15.6. The number of ether oxygens (including phenoxy) is 1. The van der Waals surface area contributed by atoms with E-state index in [4.69, 9.17) is 4.74 Å². The number of amides is 1. The monoisotopic (exact) mass is 369 g/mol. The van der Waals surface area contributed by atoms with Crippen molar-refractivity contribution >= 4 is 17.7 Å². The molecule has 3 nitrogen and oxygen atoms in total.